The molecule has 17 heavy (non-hydrogen) atoms. The monoisotopic (exact) mass is 233 g/mol. The van der Waals surface area contributed by atoms with Gasteiger partial charge in [-0.25, -0.2) is 0 Å². The summed E-state index contributed by atoms with van der Waals surface area (Å²) in [4.78, 5) is 4.57. The van der Waals surface area contributed by atoms with Crippen LogP contribution < -0.4 is 11.3 Å². The lowest BCUT2D eigenvalue weighted by Crippen LogP contribution is -2.30. The SMILES string of the molecule is Cc1cccc(C(CC2CCCCC2)NN)n1. The zero-order valence-corrected chi connectivity index (χ0v) is 10.7. The molecule has 3 N–H and O–H groups in total. The number of rotatable bonds is 4. The molecule has 1 aliphatic carbocycles. The van der Waals surface area contributed by atoms with Crippen LogP contribution in [0.5, 0.6) is 0 Å². The van der Waals surface area contributed by atoms with Gasteiger partial charge < -0.3 is 0 Å². The van der Waals surface area contributed by atoms with Crippen LogP contribution in [-0.4, -0.2) is 4.98 Å². The van der Waals surface area contributed by atoms with Gasteiger partial charge in [-0.3, -0.25) is 16.3 Å². The summed E-state index contributed by atoms with van der Waals surface area (Å²) in [6.07, 6.45) is 7.98. The Kier molecular flexibility index (Phi) is 4.51. The highest BCUT2D eigenvalue weighted by atomic mass is 15.2. The van der Waals surface area contributed by atoms with Crippen LogP contribution in [0.2, 0.25) is 0 Å². The summed E-state index contributed by atoms with van der Waals surface area (Å²) in [5.41, 5.74) is 5.07. The fraction of sp³-hybridized carbons (Fsp3) is 0.643. The Morgan fingerprint density at radius 3 is 2.76 bits per heavy atom. The van der Waals surface area contributed by atoms with Gasteiger partial charge in [-0.05, 0) is 31.4 Å². The Bertz CT molecular complexity index is 345. The molecule has 1 fully saturated rings. The van der Waals surface area contributed by atoms with Gasteiger partial charge in [-0.15, -0.1) is 0 Å². The first-order valence-corrected chi connectivity index (χ1v) is 6.69. The van der Waals surface area contributed by atoms with Crippen LogP contribution in [-0.2, 0) is 0 Å². The zero-order valence-electron chi connectivity index (χ0n) is 10.7. The quantitative estimate of drug-likeness (QED) is 0.621. The second-order valence-corrected chi connectivity index (χ2v) is 5.16. The molecule has 3 heteroatoms. The molecule has 3 nitrogen and oxygen atoms in total. The Hall–Kier alpha value is -0.930. The molecule has 1 atom stereocenters. The van der Waals surface area contributed by atoms with E-state index in [1.165, 1.54) is 32.1 Å². The van der Waals surface area contributed by atoms with Crippen molar-refractivity contribution >= 4 is 0 Å². The first-order chi connectivity index (χ1) is 8.29. The highest BCUT2D eigenvalue weighted by Gasteiger charge is 2.20. The van der Waals surface area contributed by atoms with E-state index in [0.717, 1.165) is 23.7 Å². The molecule has 1 unspecified atom stereocenters. The van der Waals surface area contributed by atoms with Gasteiger partial charge in [0.25, 0.3) is 0 Å². The van der Waals surface area contributed by atoms with E-state index < -0.39 is 0 Å². The highest BCUT2D eigenvalue weighted by molar-refractivity contribution is 5.13. The van der Waals surface area contributed by atoms with E-state index in [1.807, 2.05) is 13.0 Å². The number of pyridine rings is 1. The number of nitrogens with two attached hydrogens (primary N) is 1. The van der Waals surface area contributed by atoms with E-state index in [9.17, 15) is 0 Å². The molecule has 1 heterocycles. The first-order valence-electron chi connectivity index (χ1n) is 6.69. The van der Waals surface area contributed by atoms with E-state index in [2.05, 4.69) is 22.5 Å². The lowest BCUT2D eigenvalue weighted by molar-refractivity contribution is 0.298. The average Bonchev–Trinajstić information content (AvgIpc) is 2.37. The van der Waals surface area contributed by atoms with E-state index in [1.54, 1.807) is 0 Å². The van der Waals surface area contributed by atoms with E-state index >= 15 is 0 Å². The predicted molar refractivity (Wildman–Crippen MR) is 70.2 cm³/mol. The zero-order chi connectivity index (χ0) is 12.1. The van der Waals surface area contributed by atoms with Crippen molar-refractivity contribution in [2.24, 2.45) is 11.8 Å². The summed E-state index contributed by atoms with van der Waals surface area (Å²) in [7, 11) is 0. The molecule has 0 saturated heterocycles. The maximum Gasteiger partial charge on any atom is 0.0634 e. The minimum atomic E-state index is 0.206. The van der Waals surface area contributed by atoms with Crippen molar-refractivity contribution in [3.05, 3.63) is 29.6 Å². The Morgan fingerprint density at radius 1 is 1.35 bits per heavy atom. The van der Waals surface area contributed by atoms with Crippen molar-refractivity contribution in [2.45, 2.75) is 51.5 Å². The van der Waals surface area contributed by atoms with Gasteiger partial charge in [0.1, 0.15) is 0 Å². The maximum atomic E-state index is 5.68. The van der Waals surface area contributed by atoms with E-state index in [-0.39, 0.29) is 6.04 Å². The third kappa shape index (κ3) is 3.51. The molecule has 0 amide bonds. The van der Waals surface area contributed by atoms with E-state index in [4.69, 9.17) is 5.84 Å². The molecule has 1 aromatic rings. The molecule has 0 spiro atoms. The number of hydrogen-bond donors (Lipinski definition) is 2. The number of hydrogen-bond acceptors (Lipinski definition) is 3. The largest absolute Gasteiger partial charge is 0.271 e. The van der Waals surface area contributed by atoms with Crippen molar-refractivity contribution in [2.75, 3.05) is 0 Å². The molecule has 1 saturated carbocycles. The molecular weight excluding hydrogens is 210 g/mol. The Morgan fingerprint density at radius 2 is 2.12 bits per heavy atom. The summed E-state index contributed by atoms with van der Waals surface area (Å²) in [5, 5.41) is 0. The van der Waals surface area contributed by atoms with Gasteiger partial charge in [0, 0.05) is 5.69 Å². The lowest BCUT2D eigenvalue weighted by Gasteiger charge is -2.26. The predicted octanol–water partition coefficient (Wildman–Crippen LogP) is 2.86. The van der Waals surface area contributed by atoms with Crippen LogP contribution in [0.25, 0.3) is 0 Å². The number of aryl methyl sites for hydroxylation is 1. The highest BCUT2D eigenvalue weighted by Crippen LogP contribution is 2.31. The van der Waals surface area contributed by atoms with Crippen LogP contribution in [0, 0.1) is 12.8 Å². The second kappa shape index (κ2) is 6.12. The summed E-state index contributed by atoms with van der Waals surface area (Å²) >= 11 is 0. The molecule has 1 aliphatic rings. The van der Waals surface area contributed by atoms with Crippen LogP contribution in [0.15, 0.2) is 18.2 Å². The Balaban J connectivity index is 2.00. The van der Waals surface area contributed by atoms with Gasteiger partial charge in [-0.2, -0.15) is 0 Å². The third-order valence-corrected chi connectivity index (χ3v) is 3.76. The minimum absolute atomic E-state index is 0.206. The smallest absolute Gasteiger partial charge is 0.0634 e. The minimum Gasteiger partial charge on any atom is -0.271 e. The number of aromatic nitrogens is 1. The van der Waals surface area contributed by atoms with Crippen molar-refractivity contribution < 1.29 is 0 Å². The summed E-state index contributed by atoms with van der Waals surface area (Å²) in [6, 6.07) is 6.36. The fourth-order valence-corrected chi connectivity index (χ4v) is 2.79. The van der Waals surface area contributed by atoms with E-state index in [0.29, 0.717) is 0 Å². The Labute approximate surface area is 104 Å². The first kappa shape index (κ1) is 12.5. The molecule has 0 aromatic carbocycles. The summed E-state index contributed by atoms with van der Waals surface area (Å²) in [5.74, 6) is 6.49. The third-order valence-electron chi connectivity index (χ3n) is 3.76. The normalized spacial score (nSPS) is 19.2. The van der Waals surface area contributed by atoms with Gasteiger partial charge in [0.2, 0.25) is 0 Å². The average molecular weight is 233 g/mol. The molecule has 1 aromatic heterocycles. The lowest BCUT2D eigenvalue weighted by atomic mass is 9.84. The fourth-order valence-electron chi connectivity index (χ4n) is 2.79. The van der Waals surface area contributed by atoms with Crippen molar-refractivity contribution in [3.8, 4) is 0 Å². The van der Waals surface area contributed by atoms with Crippen molar-refractivity contribution in [1.29, 1.82) is 0 Å². The molecular formula is C14H23N3. The van der Waals surface area contributed by atoms with Gasteiger partial charge in [-0.1, -0.05) is 38.2 Å². The van der Waals surface area contributed by atoms with Crippen LogP contribution in [0.1, 0.15) is 56.0 Å². The van der Waals surface area contributed by atoms with Crippen molar-refractivity contribution in [3.63, 3.8) is 0 Å². The summed E-state index contributed by atoms with van der Waals surface area (Å²) in [6.45, 7) is 2.03. The molecule has 2 rings (SSSR count). The number of nitrogens with zero attached hydrogens (tertiary/aromatic N) is 1. The second-order valence-electron chi connectivity index (χ2n) is 5.16. The molecule has 0 bridgehead atoms. The molecule has 0 radical (unpaired) electrons. The standard InChI is InChI=1S/C14H23N3/c1-11-6-5-9-13(16-11)14(17-15)10-12-7-3-2-4-8-12/h5-6,9,12,14,17H,2-4,7-8,10,15H2,1H3. The summed E-state index contributed by atoms with van der Waals surface area (Å²) < 4.78 is 0. The van der Waals surface area contributed by atoms with Gasteiger partial charge in [0.05, 0.1) is 11.7 Å². The number of nitrogens with one attached hydrogen (secondary N) is 1. The topological polar surface area (TPSA) is 50.9 Å². The van der Waals surface area contributed by atoms with Crippen LogP contribution in [0.4, 0.5) is 0 Å². The van der Waals surface area contributed by atoms with Crippen LogP contribution >= 0.6 is 0 Å². The van der Waals surface area contributed by atoms with Crippen molar-refractivity contribution in [1.82, 2.24) is 10.4 Å². The maximum absolute atomic E-state index is 5.68. The van der Waals surface area contributed by atoms with Gasteiger partial charge in [0.15, 0.2) is 0 Å². The molecule has 0 aliphatic heterocycles. The van der Waals surface area contributed by atoms with Crippen LogP contribution in [0.3, 0.4) is 0 Å². The van der Waals surface area contributed by atoms with Gasteiger partial charge >= 0.3 is 0 Å². The molecule has 94 valence electrons. The number of hydrazine groups is 1.